The highest BCUT2D eigenvalue weighted by Gasteiger charge is 2.11. The first-order valence-corrected chi connectivity index (χ1v) is 8.16. The minimum Gasteiger partial charge on any atom is -0.506 e. The van der Waals surface area contributed by atoms with E-state index in [0.717, 1.165) is 11.4 Å². The molecule has 0 saturated heterocycles. The second kappa shape index (κ2) is 8.80. The van der Waals surface area contributed by atoms with Crippen molar-refractivity contribution in [3.8, 4) is 5.75 Å². The molecule has 0 unspecified atom stereocenters. The topological polar surface area (TPSA) is 113 Å². The molecule has 0 fully saturated rings. The van der Waals surface area contributed by atoms with Crippen LogP contribution in [-0.4, -0.2) is 40.6 Å². The fourth-order valence-corrected chi connectivity index (χ4v) is 2.35. The maximum atomic E-state index is 12.0. The van der Waals surface area contributed by atoms with Crippen molar-refractivity contribution in [2.24, 2.45) is 0 Å². The number of aromatic nitrogens is 2. The molecule has 0 radical (unpaired) electrons. The molecule has 0 aliphatic heterocycles. The van der Waals surface area contributed by atoms with Gasteiger partial charge in [0.2, 0.25) is 11.9 Å². The molecule has 0 saturated carbocycles. The molecule has 8 nitrogen and oxygen atoms in total. The van der Waals surface area contributed by atoms with Crippen molar-refractivity contribution in [3.63, 3.8) is 0 Å². The summed E-state index contributed by atoms with van der Waals surface area (Å²) in [4.78, 5) is 31.9. The number of anilines is 2. The number of methoxy groups -OCH3 is 1. The van der Waals surface area contributed by atoms with Crippen molar-refractivity contribution in [2.75, 3.05) is 24.3 Å². The molecule has 0 aliphatic carbocycles. The van der Waals surface area contributed by atoms with Gasteiger partial charge in [-0.1, -0.05) is 0 Å². The second-order valence-electron chi connectivity index (χ2n) is 5.78. The van der Waals surface area contributed by atoms with Gasteiger partial charge in [0, 0.05) is 24.4 Å². The Balaban J connectivity index is 1.81. The van der Waals surface area contributed by atoms with Gasteiger partial charge in [-0.05, 0) is 44.5 Å². The smallest absolute Gasteiger partial charge is 0.337 e. The zero-order valence-electron chi connectivity index (χ0n) is 15.0. The van der Waals surface area contributed by atoms with Crippen LogP contribution in [0.2, 0.25) is 0 Å². The van der Waals surface area contributed by atoms with Crippen molar-refractivity contribution >= 4 is 23.5 Å². The van der Waals surface area contributed by atoms with E-state index in [4.69, 9.17) is 0 Å². The van der Waals surface area contributed by atoms with E-state index in [1.165, 1.54) is 25.3 Å². The lowest BCUT2D eigenvalue weighted by Crippen LogP contribution is -2.14. The molecule has 3 N–H and O–H groups in total. The number of rotatable bonds is 7. The van der Waals surface area contributed by atoms with Crippen LogP contribution in [0.25, 0.3) is 0 Å². The molecule has 138 valence electrons. The molecule has 1 amide bonds. The van der Waals surface area contributed by atoms with E-state index < -0.39 is 5.97 Å². The van der Waals surface area contributed by atoms with E-state index >= 15 is 0 Å². The Kier molecular flexibility index (Phi) is 6.48. The monoisotopic (exact) mass is 358 g/mol. The molecule has 0 aliphatic rings. The van der Waals surface area contributed by atoms with E-state index in [-0.39, 0.29) is 29.3 Å². The lowest BCUT2D eigenvalue weighted by Gasteiger charge is -2.09. The Morgan fingerprint density at radius 2 is 1.85 bits per heavy atom. The predicted molar refractivity (Wildman–Crippen MR) is 97.3 cm³/mol. The van der Waals surface area contributed by atoms with Gasteiger partial charge in [-0.2, -0.15) is 0 Å². The summed E-state index contributed by atoms with van der Waals surface area (Å²) >= 11 is 0. The number of carbonyl (C=O) groups is 2. The summed E-state index contributed by atoms with van der Waals surface area (Å²) in [7, 11) is 1.26. The largest absolute Gasteiger partial charge is 0.506 e. The van der Waals surface area contributed by atoms with E-state index in [9.17, 15) is 14.7 Å². The quantitative estimate of drug-likeness (QED) is 0.396. The van der Waals surface area contributed by atoms with Crippen LogP contribution in [0.1, 0.15) is 34.6 Å². The number of phenolic OH excluding ortho intramolecular Hbond substituents is 1. The summed E-state index contributed by atoms with van der Waals surface area (Å²) in [6, 6.07) is 6.07. The average Bonchev–Trinajstić information content (AvgIpc) is 2.59. The number of nitrogens with one attached hydrogen (secondary N) is 2. The summed E-state index contributed by atoms with van der Waals surface area (Å²) in [5.74, 6) is -0.450. The van der Waals surface area contributed by atoms with E-state index in [2.05, 4.69) is 25.3 Å². The highest BCUT2D eigenvalue weighted by molar-refractivity contribution is 5.94. The number of ether oxygens (including phenoxy) is 1. The van der Waals surface area contributed by atoms with Gasteiger partial charge in [0.15, 0.2) is 0 Å². The molecule has 2 rings (SSSR count). The van der Waals surface area contributed by atoms with Crippen LogP contribution in [0, 0.1) is 13.8 Å². The van der Waals surface area contributed by atoms with Crippen molar-refractivity contribution in [1.82, 2.24) is 9.97 Å². The number of phenols is 1. The molecular weight excluding hydrogens is 336 g/mol. The number of hydrogen-bond donors (Lipinski definition) is 3. The van der Waals surface area contributed by atoms with Crippen LogP contribution in [0.4, 0.5) is 11.6 Å². The Hall–Kier alpha value is -3.16. The van der Waals surface area contributed by atoms with Crippen LogP contribution in [0.3, 0.4) is 0 Å². The van der Waals surface area contributed by atoms with E-state index in [0.29, 0.717) is 18.9 Å². The van der Waals surface area contributed by atoms with Crippen molar-refractivity contribution < 1.29 is 19.4 Å². The molecule has 8 heteroatoms. The molecule has 1 aromatic heterocycles. The second-order valence-corrected chi connectivity index (χ2v) is 5.78. The first-order valence-electron chi connectivity index (χ1n) is 8.16. The summed E-state index contributed by atoms with van der Waals surface area (Å²) in [6.45, 7) is 4.33. The number of esters is 1. The number of aromatic hydroxyl groups is 1. The first-order chi connectivity index (χ1) is 12.4. The average molecular weight is 358 g/mol. The fourth-order valence-electron chi connectivity index (χ4n) is 2.35. The van der Waals surface area contributed by atoms with Gasteiger partial charge in [-0.15, -0.1) is 0 Å². The fraction of sp³-hybridized carbons (Fsp3) is 0.333. The third-order valence-corrected chi connectivity index (χ3v) is 3.54. The maximum Gasteiger partial charge on any atom is 0.337 e. The summed E-state index contributed by atoms with van der Waals surface area (Å²) < 4.78 is 4.57. The molecule has 0 atom stereocenters. The molecule has 26 heavy (non-hydrogen) atoms. The third-order valence-electron chi connectivity index (χ3n) is 3.54. The van der Waals surface area contributed by atoms with Gasteiger partial charge in [-0.25, -0.2) is 14.8 Å². The van der Waals surface area contributed by atoms with E-state index in [1.807, 2.05) is 19.9 Å². The summed E-state index contributed by atoms with van der Waals surface area (Å²) in [6.07, 6.45) is 0.833. The molecule has 0 spiro atoms. The van der Waals surface area contributed by atoms with E-state index in [1.54, 1.807) is 0 Å². The number of hydrogen-bond acceptors (Lipinski definition) is 7. The van der Waals surface area contributed by atoms with Crippen molar-refractivity contribution in [3.05, 3.63) is 41.2 Å². The molecule has 1 aromatic carbocycles. The van der Waals surface area contributed by atoms with Gasteiger partial charge in [-0.3, -0.25) is 4.79 Å². The Morgan fingerprint density at radius 3 is 2.46 bits per heavy atom. The van der Waals surface area contributed by atoms with Gasteiger partial charge < -0.3 is 20.5 Å². The standard InChI is InChI=1S/C18H22N4O4/c1-11-9-12(2)21-18(20-11)19-8-4-5-16(24)22-14-7-6-13(10-15(14)23)17(25)26-3/h6-7,9-10,23H,4-5,8H2,1-3H3,(H,22,24)(H,19,20,21). The van der Waals surface area contributed by atoms with Crippen LogP contribution in [0.5, 0.6) is 5.75 Å². The molecule has 0 bridgehead atoms. The molecule has 2 aromatic rings. The van der Waals surface area contributed by atoms with Crippen LogP contribution >= 0.6 is 0 Å². The van der Waals surface area contributed by atoms with Crippen LogP contribution in [-0.2, 0) is 9.53 Å². The third kappa shape index (κ3) is 5.44. The number of amides is 1. The SMILES string of the molecule is COC(=O)c1ccc(NC(=O)CCCNc2nc(C)cc(C)n2)c(O)c1. The lowest BCUT2D eigenvalue weighted by molar-refractivity contribution is -0.116. The zero-order valence-corrected chi connectivity index (χ0v) is 15.0. The van der Waals surface area contributed by atoms with Crippen LogP contribution < -0.4 is 10.6 Å². The number of benzene rings is 1. The Labute approximate surface area is 151 Å². The predicted octanol–water partition coefficient (Wildman–Crippen LogP) is 2.42. The first kappa shape index (κ1) is 19.2. The number of carbonyl (C=O) groups excluding carboxylic acids is 2. The number of nitrogens with zero attached hydrogens (tertiary/aromatic N) is 2. The normalized spacial score (nSPS) is 10.3. The van der Waals surface area contributed by atoms with Crippen LogP contribution in [0.15, 0.2) is 24.3 Å². The van der Waals surface area contributed by atoms with Crippen molar-refractivity contribution in [2.45, 2.75) is 26.7 Å². The maximum absolute atomic E-state index is 12.0. The molecular formula is C18H22N4O4. The summed E-state index contributed by atoms with van der Waals surface area (Å²) in [5, 5.41) is 15.6. The van der Waals surface area contributed by atoms with Gasteiger partial charge in [0.1, 0.15) is 5.75 Å². The minimum atomic E-state index is -0.558. The lowest BCUT2D eigenvalue weighted by atomic mass is 10.2. The number of aryl methyl sites for hydroxylation is 2. The van der Waals surface area contributed by atoms with Crippen molar-refractivity contribution in [1.29, 1.82) is 0 Å². The zero-order chi connectivity index (χ0) is 19.1. The van der Waals surface area contributed by atoms with Gasteiger partial charge in [0.05, 0.1) is 18.4 Å². The Morgan fingerprint density at radius 1 is 1.15 bits per heavy atom. The Bertz CT molecular complexity index is 788. The minimum absolute atomic E-state index is 0.192. The van der Waals surface area contributed by atoms with Gasteiger partial charge in [0.25, 0.3) is 0 Å². The van der Waals surface area contributed by atoms with Gasteiger partial charge >= 0.3 is 5.97 Å². The summed E-state index contributed by atoms with van der Waals surface area (Å²) in [5.41, 5.74) is 2.21. The molecule has 1 heterocycles. The highest BCUT2D eigenvalue weighted by atomic mass is 16.5. The highest BCUT2D eigenvalue weighted by Crippen LogP contribution is 2.24.